The van der Waals surface area contributed by atoms with Gasteiger partial charge in [0.15, 0.2) is 5.65 Å². The molecule has 0 amide bonds. The number of hydrogen-bond donors (Lipinski definition) is 3. The van der Waals surface area contributed by atoms with Crippen molar-refractivity contribution in [3.8, 4) is 11.3 Å². The lowest BCUT2D eigenvalue weighted by Gasteiger charge is -2.25. The van der Waals surface area contributed by atoms with E-state index in [2.05, 4.69) is 37.5 Å². The number of carboxylic acid groups (broad SMARTS) is 1. The number of halogens is 1. The number of carboxylic acids is 1. The number of aromatic nitrogens is 5. The number of fused-ring (bicyclic) bond motifs is 4. The maximum atomic E-state index is 13.9. The van der Waals surface area contributed by atoms with E-state index in [4.69, 9.17) is 0 Å². The standard InChI is InChI=1S/C25H21FN6O2/c1-13-23(25(33)34)24-30-21(14-8-15(26)12-27-11-14)10-22(32(24)31-13)28-16-6-7-20-18(9-16)17-4-2-3-5-19(17)29-20/h2-5,8,10-12,16,28-29H,6-7,9H2,1H3,(H,33,34)/t16-/m1/s1. The van der Waals surface area contributed by atoms with Gasteiger partial charge in [0, 0.05) is 40.5 Å². The summed E-state index contributed by atoms with van der Waals surface area (Å²) in [5.74, 6) is -0.995. The van der Waals surface area contributed by atoms with Crippen LogP contribution >= 0.6 is 0 Å². The number of rotatable bonds is 4. The fourth-order valence-corrected chi connectivity index (χ4v) is 4.88. The quantitative estimate of drug-likeness (QED) is 0.370. The minimum Gasteiger partial charge on any atom is -0.477 e. The zero-order valence-electron chi connectivity index (χ0n) is 18.3. The fraction of sp³-hybridized carbons (Fsp3) is 0.200. The molecule has 0 radical (unpaired) electrons. The van der Waals surface area contributed by atoms with Crippen LogP contribution in [0.15, 0.2) is 48.8 Å². The van der Waals surface area contributed by atoms with Crippen molar-refractivity contribution in [2.24, 2.45) is 0 Å². The molecule has 3 N–H and O–H groups in total. The molecule has 0 saturated heterocycles. The number of para-hydroxylation sites is 1. The van der Waals surface area contributed by atoms with Crippen LogP contribution in [0.4, 0.5) is 10.2 Å². The molecular weight excluding hydrogens is 435 g/mol. The van der Waals surface area contributed by atoms with E-state index in [-0.39, 0.29) is 17.3 Å². The van der Waals surface area contributed by atoms with Crippen LogP contribution in [0.2, 0.25) is 0 Å². The molecule has 0 bridgehead atoms. The van der Waals surface area contributed by atoms with E-state index in [1.165, 1.54) is 33.4 Å². The molecule has 34 heavy (non-hydrogen) atoms. The number of nitrogens with one attached hydrogen (secondary N) is 2. The average molecular weight is 456 g/mol. The number of aromatic amines is 1. The fourth-order valence-electron chi connectivity index (χ4n) is 4.88. The highest BCUT2D eigenvalue weighted by Gasteiger charge is 2.25. The molecule has 0 fully saturated rings. The Balaban J connectivity index is 1.44. The monoisotopic (exact) mass is 456 g/mol. The summed E-state index contributed by atoms with van der Waals surface area (Å²) < 4.78 is 15.4. The first-order chi connectivity index (χ1) is 16.5. The number of pyridine rings is 1. The van der Waals surface area contributed by atoms with Crippen LogP contribution in [0, 0.1) is 12.7 Å². The van der Waals surface area contributed by atoms with Crippen LogP contribution in [0.5, 0.6) is 0 Å². The molecule has 0 saturated carbocycles. The first-order valence-corrected chi connectivity index (χ1v) is 11.1. The van der Waals surface area contributed by atoms with Crippen molar-refractivity contribution in [2.45, 2.75) is 32.2 Å². The normalized spacial score (nSPS) is 15.5. The Morgan fingerprint density at radius 1 is 1.26 bits per heavy atom. The molecular formula is C25H21FN6O2. The molecule has 0 unspecified atom stereocenters. The number of benzene rings is 1. The van der Waals surface area contributed by atoms with E-state index in [0.29, 0.717) is 22.8 Å². The second-order valence-corrected chi connectivity index (χ2v) is 8.63. The lowest BCUT2D eigenvalue weighted by Crippen LogP contribution is -2.28. The van der Waals surface area contributed by atoms with Crippen molar-refractivity contribution in [1.82, 2.24) is 24.6 Å². The highest BCUT2D eigenvalue weighted by Crippen LogP contribution is 2.32. The van der Waals surface area contributed by atoms with E-state index >= 15 is 0 Å². The third kappa shape index (κ3) is 3.28. The summed E-state index contributed by atoms with van der Waals surface area (Å²) in [6.07, 6.45) is 5.23. The maximum absolute atomic E-state index is 13.9. The summed E-state index contributed by atoms with van der Waals surface area (Å²) in [6.45, 7) is 1.64. The van der Waals surface area contributed by atoms with Crippen LogP contribution in [0.25, 0.3) is 27.8 Å². The van der Waals surface area contributed by atoms with Gasteiger partial charge in [-0.3, -0.25) is 4.98 Å². The van der Waals surface area contributed by atoms with Gasteiger partial charge in [0.05, 0.1) is 17.6 Å². The van der Waals surface area contributed by atoms with E-state index in [9.17, 15) is 14.3 Å². The number of nitrogens with zero attached hydrogens (tertiary/aromatic N) is 4. The van der Waals surface area contributed by atoms with Crippen molar-refractivity contribution in [3.63, 3.8) is 0 Å². The highest BCUT2D eigenvalue weighted by atomic mass is 19.1. The Labute approximate surface area is 193 Å². The van der Waals surface area contributed by atoms with E-state index in [1.807, 2.05) is 12.1 Å². The van der Waals surface area contributed by atoms with Crippen molar-refractivity contribution in [2.75, 3.05) is 5.32 Å². The summed E-state index contributed by atoms with van der Waals surface area (Å²) in [4.78, 5) is 23.9. The number of hydrogen-bond acceptors (Lipinski definition) is 5. The van der Waals surface area contributed by atoms with E-state index < -0.39 is 11.8 Å². The van der Waals surface area contributed by atoms with Crippen molar-refractivity contribution in [3.05, 3.63) is 77.1 Å². The molecule has 4 aromatic heterocycles. The van der Waals surface area contributed by atoms with Crippen LogP contribution in [0.3, 0.4) is 0 Å². The van der Waals surface area contributed by atoms with Crippen molar-refractivity contribution < 1.29 is 14.3 Å². The summed E-state index contributed by atoms with van der Waals surface area (Å²) in [5.41, 5.74) is 5.16. The van der Waals surface area contributed by atoms with Crippen molar-refractivity contribution in [1.29, 1.82) is 0 Å². The second kappa shape index (κ2) is 7.65. The molecule has 1 aliphatic carbocycles. The molecule has 1 aromatic carbocycles. The first kappa shape index (κ1) is 20.3. The number of carbonyl (C=O) groups is 1. The number of H-pyrrole nitrogens is 1. The maximum Gasteiger partial charge on any atom is 0.341 e. The van der Waals surface area contributed by atoms with Gasteiger partial charge in [0.1, 0.15) is 17.2 Å². The molecule has 4 heterocycles. The van der Waals surface area contributed by atoms with Gasteiger partial charge >= 0.3 is 5.97 Å². The lowest BCUT2D eigenvalue weighted by atomic mass is 9.91. The molecule has 1 atom stereocenters. The van der Waals surface area contributed by atoms with Gasteiger partial charge in [0.25, 0.3) is 0 Å². The third-order valence-corrected chi connectivity index (χ3v) is 6.43. The van der Waals surface area contributed by atoms with Crippen LogP contribution in [-0.4, -0.2) is 41.7 Å². The zero-order valence-corrected chi connectivity index (χ0v) is 18.3. The SMILES string of the molecule is Cc1nn2c(N[C@@H]3CCc4[nH]c5ccccc5c4C3)cc(-c3cncc(F)c3)nc2c1C(=O)O. The number of anilines is 1. The Kier molecular flexibility index (Phi) is 4.58. The predicted molar refractivity (Wildman–Crippen MR) is 126 cm³/mol. The van der Waals surface area contributed by atoms with Gasteiger partial charge in [0.2, 0.25) is 0 Å². The molecule has 6 rings (SSSR count). The molecule has 9 heteroatoms. The molecule has 5 aromatic rings. The van der Waals surface area contributed by atoms with Crippen molar-refractivity contribution >= 4 is 28.3 Å². The minimum atomic E-state index is -1.11. The van der Waals surface area contributed by atoms with Gasteiger partial charge < -0.3 is 15.4 Å². The Morgan fingerprint density at radius 2 is 2.12 bits per heavy atom. The van der Waals surface area contributed by atoms with Gasteiger partial charge in [-0.15, -0.1) is 0 Å². The smallest absolute Gasteiger partial charge is 0.341 e. The highest BCUT2D eigenvalue weighted by molar-refractivity contribution is 5.96. The first-order valence-electron chi connectivity index (χ1n) is 11.1. The molecule has 170 valence electrons. The zero-order chi connectivity index (χ0) is 23.4. The molecule has 1 aliphatic rings. The average Bonchev–Trinajstić information content (AvgIpc) is 3.36. The number of aromatic carboxylic acids is 1. The molecule has 0 spiro atoms. The molecule has 8 nitrogen and oxygen atoms in total. The van der Waals surface area contributed by atoms with Gasteiger partial charge in [-0.1, -0.05) is 18.2 Å². The van der Waals surface area contributed by atoms with Crippen LogP contribution in [0.1, 0.15) is 33.7 Å². The van der Waals surface area contributed by atoms with Gasteiger partial charge in [-0.2, -0.15) is 9.61 Å². The second-order valence-electron chi connectivity index (χ2n) is 8.63. The lowest BCUT2D eigenvalue weighted by molar-refractivity contribution is 0.0698. The summed E-state index contributed by atoms with van der Waals surface area (Å²) in [7, 11) is 0. The Morgan fingerprint density at radius 3 is 2.94 bits per heavy atom. The van der Waals surface area contributed by atoms with E-state index in [0.717, 1.165) is 31.0 Å². The largest absolute Gasteiger partial charge is 0.477 e. The summed E-state index contributed by atoms with van der Waals surface area (Å²) >= 11 is 0. The number of aryl methyl sites for hydroxylation is 2. The summed E-state index contributed by atoms with van der Waals surface area (Å²) in [6, 6.07) is 11.5. The van der Waals surface area contributed by atoms with Crippen LogP contribution < -0.4 is 5.32 Å². The van der Waals surface area contributed by atoms with Gasteiger partial charge in [-0.05, 0) is 43.9 Å². The Hall–Kier alpha value is -4.27. The minimum absolute atomic E-state index is 0.0248. The third-order valence-electron chi connectivity index (χ3n) is 6.43. The van der Waals surface area contributed by atoms with Crippen LogP contribution in [-0.2, 0) is 12.8 Å². The summed E-state index contributed by atoms with van der Waals surface area (Å²) in [5, 5.41) is 19.0. The predicted octanol–water partition coefficient (Wildman–Crippen LogP) is 4.39. The topological polar surface area (TPSA) is 108 Å². The molecule has 0 aliphatic heterocycles. The Bertz CT molecular complexity index is 1590. The van der Waals surface area contributed by atoms with Gasteiger partial charge in [-0.25, -0.2) is 14.2 Å². The van der Waals surface area contributed by atoms with E-state index in [1.54, 1.807) is 13.0 Å².